The summed E-state index contributed by atoms with van der Waals surface area (Å²) in [5, 5.41) is 7.65. The zero-order valence-electron chi connectivity index (χ0n) is 11.0. The molecule has 2 heterocycles. The van der Waals surface area contributed by atoms with Gasteiger partial charge >= 0.3 is 5.97 Å². The second kappa shape index (κ2) is 4.97. The normalized spacial score (nSPS) is 15.6. The van der Waals surface area contributed by atoms with Gasteiger partial charge in [-0.05, 0) is 16.4 Å². The van der Waals surface area contributed by atoms with Crippen LogP contribution in [0, 0.1) is 0 Å². The average molecular weight is 278 g/mol. The van der Waals surface area contributed by atoms with Crippen molar-refractivity contribution in [3.8, 4) is 0 Å². The molecule has 2 N–H and O–H groups in total. The third-order valence-corrected chi connectivity index (χ3v) is 3.27. The summed E-state index contributed by atoms with van der Waals surface area (Å²) in [4.78, 5) is 14.0. The van der Waals surface area contributed by atoms with Gasteiger partial charge in [-0.15, -0.1) is 0 Å². The van der Waals surface area contributed by atoms with Crippen LogP contribution in [0.5, 0.6) is 0 Å². The minimum atomic E-state index is -0.469. The zero-order valence-corrected chi connectivity index (χ0v) is 11.0. The van der Waals surface area contributed by atoms with Crippen molar-refractivity contribution in [2.45, 2.75) is 0 Å². The van der Waals surface area contributed by atoms with Gasteiger partial charge in [0.2, 0.25) is 0 Å². The van der Waals surface area contributed by atoms with E-state index in [1.54, 1.807) is 6.07 Å². The van der Waals surface area contributed by atoms with Crippen LogP contribution in [0.25, 0.3) is 11.0 Å². The van der Waals surface area contributed by atoms with Crippen molar-refractivity contribution >= 4 is 28.4 Å². The number of nitrogens with zero attached hydrogens (tertiary/aromatic N) is 3. The molecule has 0 amide bonds. The quantitative estimate of drug-likeness (QED) is 0.623. The van der Waals surface area contributed by atoms with Crippen LogP contribution in [-0.2, 0) is 9.47 Å². The molecule has 1 aliphatic rings. The number of hydrogen-bond acceptors (Lipinski definition) is 8. The Hall–Kier alpha value is -2.35. The van der Waals surface area contributed by atoms with Gasteiger partial charge in [0.05, 0.1) is 37.3 Å². The number of anilines is 2. The Morgan fingerprint density at radius 2 is 2.05 bits per heavy atom. The van der Waals surface area contributed by atoms with E-state index in [9.17, 15) is 4.79 Å². The Kier molecular flexibility index (Phi) is 3.15. The molecule has 0 aliphatic carbocycles. The van der Waals surface area contributed by atoms with E-state index in [2.05, 4.69) is 10.3 Å². The number of benzene rings is 1. The molecular weight excluding hydrogens is 264 g/mol. The van der Waals surface area contributed by atoms with Crippen LogP contribution in [0.15, 0.2) is 10.7 Å². The lowest BCUT2D eigenvalue weighted by molar-refractivity contribution is 0.0600. The maximum Gasteiger partial charge on any atom is 0.340 e. The molecule has 8 nitrogen and oxygen atoms in total. The second-order valence-electron chi connectivity index (χ2n) is 4.41. The van der Waals surface area contributed by atoms with Crippen molar-refractivity contribution in [3.63, 3.8) is 0 Å². The lowest BCUT2D eigenvalue weighted by atomic mass is 10.1. The highest BCUT2D eigenvalue weighted by Gasteiger charge is 2.26. The standard InChI is InChI=1S/C12H14N4O4/c1-18-12(17)7-6-8(13)9-10(15-20-14-9)11(7)16-2-4-19-5-3-16/h6H,2-5,13H2,1H3. The summed E-state index contributed by atoms with van der Waals surface area (Å²) in [5.41, 5.74) is 8.11. The first kappa shape index (κ1) is 12.7. The van der Waals surface area contributed by atoms with Crippen LogP contribution in [0.3, 0.4) is 0 Å². The fourth-order valence-corrected chi connectivity index (χ4v) is 2.33. The Morgan fingerprint density at radius 3 is 2.75 bits per heavy atom. The number of nitrogens with two attached hydrogens (primary N) is 1. The Bertz CT molecular complexity index is 648. The number of rotatable bonds is 2. The predicted molar refractivity (Wildman–Crippen MR) is 70.6 cm³/mol. The number of ether oxygens (including phenoxy) is 2. The van der Waals surface area contributed by atoms with E-state index in [1.807, 2.05) is 4.90 Å². The van der Waals surface area contributed by atoms with E-state index in [1.165, 1.54) is 7.11 Å². The van der Waals surface area contributed by atoms with E-state index in [0.29, 0.717) is 54.3 Å². The highest BCUT2D eigenvalue weighted by atomic mass is 16.6. The molecule has 1 aromatic heterocycles. The van der Waals surface area contributed by atoms with Crippen LogP contribution in [-0.4, -0.2) is 49.7 Å². The van der Waals surface area contributed by atoms with Crippen molar-refractivity contribution in [2.24, 2.45) is 0 Å². The summed E-state index contributed by atoms with van der Waals surface area (Å²) in [5.74, 6) is -0.469. The molecule has 0 atom stereocenters. The maximum atomic E-state index is 12.0. The molecule has 0 unspecified atom stereocenters. The number of methoxy groups -OCH3 is 1. The molecule has 1 aromatic carbocycles. The summed E-state index contributed by atoms with van der Waals surface area (Å²) in [6.07, 6.45) is 0. The van der Waals surface area contributed by atoms with Gasteiger partial charge in [-0.25, -0.2) is 9.42 Å². The Morgan fingerprint density at radius 1 is 1.35 bits per heavy atom. The molecule has 2 aromatic rings. The van der Waals surface area contributed by atoms with E-state index in [4.69, 9.17) is 19.8 Å². The van der Waals surface area contributed by atoms with E-state index in [0.717, 1.165) is 0 Å². The van der Waals surface area contributed by atoms with Gasteiger partial charge in [0.15, 0.2) is 11.0 Å². The van der Waals surface area contributed by atoms with Crippen LogP contribution >= 0.6 is 0 Å². The largest absolute Gasteiger partial charge is 0.465 e. The lowest BCUT2D eigenvalue weighted by Gasteiger charge is -2.30. The van der Waals surface area contributed by atoms with Crippen molar-refractivity contribution in [3.05, 3.63) is 11.6 Å². The summed E-state index contributed by atoms with van der Waals surface area (Å²) < 4.78 is 14.9. The number of nitrogen functional groups attached to an aromatic ring is 1. The first-order valence-electron chi connectivity index (χ1n) is 6.18. The molecule has 0 radical (unpaired) electrons. The van der Waals surface area contributed by atoms with Crippen LogP contribution in [0.1, 0.15) is 10.4 Å². The molecule has 0 saturated carbocycles. The highest BCUT2D eigenvalue weighted by Crippen LogP contribution is 2.33. The van der Waals surface area contributed by atoms with Crippen LogP contribution in [0.4, 0.5) is 11.4 Å². The smallest absolute Gasteiger partial charge is 0.340 e. The zero-order chi connectivity index (χ0) is 14.1. The number of carbonyl (C=O) groups excluding carboxylic acids is 1. The third-order valence-electron chi connectivity index (χ3n) is 3.27. The highest BCUT2D eigenvalue weighted by molar-refractivity contribution is 6.08. The van der Waals surface area contributed by atoms with Gasteiger partial charge < -0.3 is 20.1 Å². The Balaban J connectivity index is 2.21. The number of aromatic nitrogens is 2. The van der Waals surface area contributed by atoms with Crippen molar-refractivity contribution in [1.29, 1.82) is 0 Å². The second-order valence-corrected chi connectivity index (χ2v) is 4.41. The van der Waals surface area contributed by atoms with Crippen molar-refractivity contribution < 1.29 is 18.9 Å². The summed E-state index contributed by atoms with van der Waals surface area (Å²) in [6.45, 7) is 2.46. The average Bonchev–Trinajstić information content (AvgIpc) is 2.97. The summed E-state index contributed by atoms with van der Waals surface area (Å²) in [7, 11) is 1.33. The molecular formula is C12H14N4O4. The minimum Gasteiger partial charge on any atom is -0.465 e. The third kappa shape index (κ3) is 1.94. The maximum absolute atomic E-state index is 12.0. The minimum absolute atomic E-state index is 0.332. The molecule has 1 saturated heterocycles. The van der Waals surface area contributed by atoms with Crippen LogP contribution < -0.4 is 10.6 Å². The first-order chi connectivity index (χ1) is 9.72. The number of fused-ring (bicyclic) bond motifs is 1. The van der Waals surface area contributed by atoms with Crippen molar-refractivity contribution in [1.82, 2.24) is 10.3 Å². The van der Waals surface area contributed by atoms with E-state index >= 15 is 0 Å². The molecule has 0 spiro atoms. The molecule has 3 rings (SSSR count). The summed E-state index contributed by atoms with van der Waals surface area (Å²) >= 11 is 0. The predicted octanol–water partition coefficient (Wildman–Crippen LogP) is 0.428. The number of carbonyl (C=O) groups is 1. The SMILES string of the molecule is COC(=O)c1cc(N)c2nonc2c1N1CCOCC1. The number of morpholine rings is 1. The molecule has 20 heavy (non-hydrogen) atoms. The van der Waals surface area contributed by atoms with Gasteiger partial charge in [-0.3, -0.25) is 0 Å². The van der Waals surface area contributed by atoms with Gasteiger partial charge in [0.25, 0.3) is 0 Å². The molecule has 1 fully saturated rings. The monoisotopic (exact) mass is 278 g/mol. The fraction of sp³-hybridized carbons (Fsp3) is 0.417. The van der Waals surface area contributed by atoms with E-state index < -0.39 is 5.97 Å². The fourth-order valence-electron chi connectivity index (χ4n) is 2.33. The topological polar surface area (TPSA) is 104 Å². The Labute approximate surface area is 114 Å². The molecule has 106 valence electrons. The summed E-state index contributed by atoms with van der Waals surface area (Å²) in [6, 6.07) is 1.54. The lowest BCUT2D eigenvalue weighted by Crippen LogP contribution is -2.37. The van der Waals surface area contributed by atoms with E-state index in [-0.39, 0.29) is 0 Å². The molecule has 0 bridgehead atoms. The van der Waals surface area contributed by atoms with Crippen molar-refractivity contribution in [2.75, 3.05) is 44.0 Å². The molecule has 1 aliphatic heterocycles. The first-order valence-corrected chi connectivity index (χ1v) is 6.18. The number of hydrogen-bond donors (Lipinski definition) is 1. The van der Waals surface area contributed by atoms with Gasteiger partial charge in [0, 0.05) is 13.1 Å². The molecule has 8 heteroatoms. The van der Waals surface area contributed by atoms with Crippen LogP contribution in [0.2, 0.25) is 0 Å². The van der Waals surface area contributed by atoms with Gasteiger partial charge in [0.1, 0.15) is 0 Å². The van der Waals surface area contributed by atoms with Gasteiger partial charge in [-0.2, -0.15) is 0 Å². The number of esters is 1. The van der Waals surface area contributed by atoms with Gasteiger partial charge in [-0.1, -0.05) is 0 Å².